The molecule has 0 fully saturated rings. The molecule has 0 unspecified atom stereocenters. The molecule has 10 nitrogen and oxygen atoms in total. The van der Waals surface area contributed by atoms with Crippen LogP contribution in [-0.2, 0) is 30.4 Å². The number of terminal acetylenes is 1. The maximum atomic E-state index is 13.4. The van der Waals surface area contributed by atoms with Crippen LogP contribution in [0.5, 0.6) is 0 Å². The quantitative estimate of drug-likeness (QED) is 0.0814. The molecule has 1 aliphatic carbocycles. The topological polar surface area (TPSA) is 132 Å². The van der Waals surface area contributed by atoms with E-state index in [0.29, 0.717) is 19.4 Å². The van der Waals surface area contributed by atoms with E-state index >= 15 is 0 Å². The van der Waals surface area contributed by atoms with Crippen LogP contribution in [0.15, 0.2) is 72.8 Å². The monoisotopic (exact) mass is 667 g/mol. The van der Waals surface area contributed by atoms with Crippen molar-refractivity contribution < 1.29 is 33.4 Å². The highest BCUT2D eigenvalue weighted by Gasteiger charge is 2.31. The van der Waals surface area contributed by atoms with Crippen LogP contribution in [0.1, 0.15) is 74.6 Å². The summed E-state index contributed by atoms with van der Waals surface area (Å²) >= 11 is 0. The number of carbonyl (C=O) groups excluding carboxylic acids is 4. The van der Waals surface area contributed by atoms with Crippen molar-refractivity contribution in [1.29, 1.82) is 0 Å². The number of hydrogen-bond donors (Lipinski definition) is 3. The molecular formula is C39H45N3O7. The lowest BCUT2D eigenvalue weighted by molar-refractivity contribution is -0.149. The SMILES string of the molecule is C#CC[C@@H](NC(=O)OCC1c2ccccc2-c2ccccc21)C(=O)N[C@@H](CCCCNC(=O)OC(C)(C)C)C(=O)OCc1ccc(C)cc1. The fourth-order valence-electron chi connectivity index (χ4n) is 5.55. The molecule has 3 N–H and O–H groups in total. The first-order valence-electron chi connectivity index (χ1n) is 16.5. The van der Waals surface area contributed by atoms with E-state index < -0.39 is 41.7 Å². The van der Waals surface area contributed by atoms with Gasteiger partial charge in [0.1, 0.15) is 30.9 Å². The van der Waals surface area contributed by atoms with E-state index in [0.717, 1.165) is 33.4 Å². The molecule has 2 atom stereocenters. The van der Waals surface area contributed by atoms with Gasteiger partial charge in [-0.2, -0.15) is 0 Å². The number of rotatable bonds is 14. The van der Waals surface area contributed by atoms with Crippen LogP contribution in [0.25, 0.3) is 11.1 Å². The van der Waals surface area contributed by atoms with Gasteiger partial charge in [-0.25, -0.2) is 14.4 Å². The molecule has 0 saturated heterocycles. The van der Waals surface area contributed by atoms with Crippen LogP contribution in [-0.4, -0.2) is 54.9 Å². The van der Waals surface area contributed by atoms with Crippen molar-refractivity contribution in [2.75, 3.05) is 13.2 Å². The summed E-state index contributed by atoms with van der Waals surface area (Å²) in [6.45, 7) is 7.69. The number of carbonyl (C=O) groups is 4. The van der Waals surface area contributed by atoms with Crippen molar-refractivity contribution >= 4 is 24.1 Å². The minimum absolute atomic E-state index is 0.0253. The number of aryl methyl sites for hydroxylation is 1. The van der Waals surface area contributed by atoms with Crippen molar-refractivity contribution in [2.24, 2.45) is 0 Å². The number of benzene rings is 3. The average Bonchev–Trinajstić information content (AvgIpc) is 3.38. The van der Waals surface area contributed by atoms with Crippen LogP contribution in [0, 0.1) is 19.3 Å². The zero-order valence-electron chi connectivity index (χ0n) is 28.5. The van der Waals surface area contributed by atoms with E-state index in [4.69, 9.17) is 20.6 Å². The summed E-state index contributed by atoms with van der Waals surface area (Å²) in [5.74, 6) is 0.988. The Kier molecular flexibility index (Phi) is 12.8. The van der Waals surface area contributed by atoms with Gasteiger partial charge >= 0.3 is 18.2 Å². The molecule has 0 aromatic heterocycles. The van der Waals surface area contributed by atoms with Crippen LogP contribution < -0.4 is 16.0 Å². The highest BCUT2D eigenvalue weighted by Crippen LogP contribution is 2.44. The van der Waals surface area contributed by atoms with E-state index in [1.54, 1.807) is 20.8 Å². The number of amides is 3. The van der Waals surface area contributed by atoms with Crippen molar-refractivity contribution in [3.05, 3.63) is 95.1 Å². The molecule has 49 heavy (non-hydrogen) atoms. The lowest BCUT2D eigenvalue weighted by Crippen LogP contribution is -2.52. The number of fused-ring (bicyclic) bond motifs is 3. The van der Waals surface area contributed by atoms with Crippen molar-refractivity contribution in [3.8, 4) is 23.5 Å². The lowest BCUT2D eigenvalue weighted by atomic mass is 9.98. The standard InChI is InChI=1S/C39H45N3O7/c1-6-13-33(42-38(46)48-25-32-30-16-9-7-14-28(30)29-15-8-10-17-31(29)32)35(43)41-34(18-11-12-23-40-37(45)49-39(3,4)5)36(44)47-24-27-21-19-26(2)20-22-27/h1,7-10,14-17,19-22,32-34H,11-13,18,23-25H2,2-5H3,(H,40,45)(H,41,43)(H,42,46)/t33-,34+/m1/s1. The van der Waals surface area contributed by atoms with E-state index in [1.165, 1.54) is 0 Å². The van der Waals surface area contributed by atoms with Gasteiger partial charge in [-0.3, -0.25) is 4.79 Å². The Morgan fingerprint density at radius 1 is 0.816 bits per heavy atom. The molecule has 10 heteroatoms. The van der Waals surface area contributed by atoms with Crippen molar-refractivity contribution in [2.45, 2.75) is 83.6 Å². The Bertz CT molecular complexity index is 1610. The molecule has 3 aromatic carbocycles. The minimum atomic E-state index is -1.15. The van der Waals surface area contributed by atoms with E-state index in [9.17, 15) is 19.2 Å². The van der Waals surface area contributed by atoms with Gasteiger partial charge in [-0.1, -0.05) is 78.4 Å². The third kappa shape index (κ3) is 10.9. The summed E-state index contributed by atoms with van der Waals surface area (Å²) in [5.41, 5.74) is 5.56. The molecule has 0 aliphatic heterocycles. The molecule has 0 bridgehead atoms. The van der Waals surface area contributed by atoms with Crippen LogP contribution in [0.4, 0.5) is 9.59 Å². The fraction of sp³-hybridized carbons (Fsp3) is 0.385. The van der Waals surface area contributed by atoms with Gasteiger partial charge in [0.15, 0.2) is 0 Å². The average molecular weight is 668 g/mol. The van der Waals surface area contributed by atoms with Crippen molar-refractivity contribution in [1.82, 2.24) is 16.0 Å². The summed E-state index contributed by atoms with van der Waals surface area (Å²) in [5, 5.41) is 7.98. The number of nitrogens with one attached hydrogen (secondary N) is 3. The largest absolute Gasteiger partial charge is 0.459 e. The Hall–Kier alpha value is -5.30. The van der Waals surface area contributed by atoms with Gasteiger partial charge in [0.25, 0.3) is 0 Å². The van der Waals surface area contributed by atoms with Crippen LogP contribution >= 0.6 is 0 Å². The zero-order valence-corrected chi connectivity index (χ0v) is 28.5. The summed E-state index contributed by atoms with van der Waals surface area (Å²) in [6, 6.07) is 21.3. The molecule has 0 heterocycles. The van der Waals surface area contributed by atoms with Gasteiger partial charge in [-0.05, 0) is 74.8 Å². The first-order chi connectivity index (χ1) is 23.4. The van der Waals surface area contributed by atoms with E-state index in [1.807, 2.05) is 79.7 Å². The molecule has 0 spiro atoms. The molecule has 0 radical (unpaired) electrons. The molecule has 3 amide bonds. The maximum Gasteiger partial charge on any atom is 0.407 e. The third-order valence-electron chi connectivity index (χ3n) is 7.96. The van der Waals surface area contributed by atoms with Crippen LogP contribution in [0.3, 0.4) is 0 Å². The van der Waals surface area contributed by atoms with Gasteiger partial charge in [0, 0.05) is 18.9 Å². The normalized spacial score (nSPS) is 13.1. The maximum absolute atomic E-state index is 13.4. The summed E-state index contributed by atoms with van der Waals surface area (Å²) < 4.78 is 16.4. The Labute approximate surface area is 288 Å². The second kappa shape index (κ2) is 17.2. The fourth-order valence-corrected chi connectivity index (χ4v) is 5.55. The first kappa shape index (κ1) is 36.5. The second-order valence-electron chi connectivity index (χ2n) is 13.0. The lowest BCUT2D eigenvalue weighted by Gasteiger charge is -2.22. The Morgan fingerprint density at radius 3 is 2.06 bits per heavy atom. The number of hydrogen-bond acceptors (Lipinski definition) is 7. The predicted octanol–water partition coefficient (Wildman–Crippen LogP) is 6.15. The van der Waals surface area contributed by atoms with E-state index in [2.05, 4.69) is 21.9 Å². The smallest absolute Gasteiger partial charge is 0.407 e. The molecular weight excluding hydrogens is 622 g/mol. The van der Waals surface area contributed by atoms with Gasteiger partial charge in [-0.15, -0.1) is 12.3 Å². The van der Waals surface area contributed by atoms with Crippen molar-refractivity contribution in [3.63, 3.8) is 0 Å². The first-order valence-corrected chi connectivity index (χ1v) is 16.5. The Balaban J connectivity index is 1.35. The minimum Gasteiger partial charge on any atom is -0.459 e. The van der Waals surface area contributed by atoms with Gasteiger partial charge in [0.2, 0.25) is 5.91 Å². The summed E-state index contributed by atoms with van der Waals surface area (Å²) in [6.07, 6.45) is 5.31. The third-order valence-corrected chi connectivity index (χ3v) is 7.96. The highest BCUT2D eigenvalue weighted by molar-refractivity contribution is 5.90. The summed E-state index contributed by atoms with van der Waals surface area (Å²) in [7, 11) is 0. The Morgan fingerprint density at radius 2 is 1.45 bits per heavy atom. The molecule has 0 saturated carbocycles. The predicted molar refractivity (Wildman–Crippen MR) is 186 cm³/mol. The molecule has 258 valence electrons. The second-order valence-corrected chi connectivity index (χ2v) is 13.0. The molecule has 1 aliphatic rings. The molecule has 3 aromatic rings. The van der Waals surface area contributed by atoms with Gasteiger partial charge < -0.3 is 30.2 Å². The number of unbranched alkanes of at least 4 members (excludes halogenated alkanes) is 1. The summed E-state index contributed by atoms with van der Waals surface area (Å²) in [4.78, 5) is 51.6. The highest BCUT2D eigenvalue weighted by atomic mass is 16.6. The molecule has 4 rings (SSSR count). The number of alkyl carbamates (subject to hydrolysis) is 2. The van der Waals surface area contributed by atoms with E-state index in [-0.39, 0.29) is 32.0 Å². The van der Waals surface area contributed by atoms with Crippen LogP contribution in [0.2, 0.25) is 0 Å². The number of esters is 1. The zero-order chi connectivity index (χ0) is 35.4. The van der Waals surface area contributed by atoms with Gasteiger partial charge in [0.05, 0.1) is 0 Å². The number of ether oxygens (including phenoxy) is 3.